The second-order valence-electron chi connectivity index (χ2n) is 7.44. The van der Waals surface area contributed by atoms with Gasteiger partial charge in [0.1, 0.15) is 33.0 Å². The van der Waals surface area contributed by atoms with Crippen LogP contribution in [0.1, 0.15) is 36.5 Å². The molecule has 3 heterocycles. The van der Waals surface area contributed by atoms with E-state index in [-0.39, 0.29) is 29.8 Å². The van der Waals surface area contributed by atoms with E-state index >= 15 is 0 Å². The Morgan fingerprint density at radius 2 is 2.10 bits per heavy atom. The molecule has 0 aliphatic carbocycles. The normalized spacial score (nSPS) is 14.8. The van der Waals surface area contributed by atoms with Crippen molar-refractivity contribution in [3.8, 4) is 0 Å². The molecule has 1 aromatic carbocycles. The smallest absolute Gasteiger partial charge is 0.235 e. The van der Waals surface area contributed by atoms with Crippen molar-refractivity contribution in [3.05, 3.63) is 74.8 Å². The van der Waals surface area contributed by atoms with Crippen LogP contribution in [0.15, 0.2) is 47.2 Å². The van der Waals surface area contributed by atoms with Gasteiger partial charge in [-0.25, -0.2) is 14.4 Å². The largest absolute Gasteiger partial charge is 0.379 e. The van der Waals surface area contributed by atoms with Gasteiger partial charge in [-0.2, -0.15) is 0 Å². The van der Waals surface area contributed by atoms with Crippen LogP contribution in [0.2, 0.25) is 0 Å². The number of carbonyl (C=O) groups excluding carboxylic acids is 1. The molecule has 1 amide bonds. The maximum Gasteiger partial charge on any atom is 0.235 e. The van der Waals surface area contributed by atoms with Crippen LogP contribution in [-0.4, -0.2) is 26.7 Å². The van der Waals surface area contributed by atoms with Gasteiger partial charge in [0.2, 0.25) is 5.91 Å². The molecule has 31 heavy (non-hydrogen) atoms. The molecule has 4 rings (SSSR count). The average molecular weight is 532 g/mol. The zero-order chi connectivity index (χ0) is 22.2. The second-order valence-corrected chi connectivity index (χ2v) is 8.46. The first-order chi connectivity index (χ1) is 14.8. The first kappa shape index (κ1) is 21.1. The first-order valence-corrected chi connectivity index (χ1v) is 10.4. The number of nitrogens with zero attached hydrogens (tertiary/aromatic N) is 3. The van der Waals surface area contributed by atoms with Crippen LogP contribution in [0, 0.1) is 14.9 Å². The Balaban J connectivity index is 1.65. The van der Waals surface area contributed by atoms with Crippen molar-refractivity contribution >= 4 is 45.7 Å². The number of hydrogen-bond donors (Lipinski definition) is 3. The van der Waals surface area contributed by atoms with Gasteiger partial charge in [0.25, 0.3) is 0 Å². The minimum Gasteiger partial charge on any atom is -0.379 e. The van der Waals surface area contributed by atoms with Crippen molar-refractivity contribution in [3.63, 3.8) is 0 Å². The standard InChI is InChI=1S/C21H18FIN6O2/c1-21(2)16-17(23)26-18(27-19(16)28-20(21)30)13(24)9-15(14-7-8-31-29-14)25-10-11-5-3-4-6-12(11)22/h3-9,24-25H,10H2,1-2H3,(H,26,27,28,30)/b15-9-,24-13?. The van der Waals surface area contributed by atoms with E-state index in [4.69, 9.17) is 9.93 Å². The van der Waals surface area contributed by atoms with Crippen molar-refractivity contribution < 1.29 is 13.7 Å². The molecule has 8 nitrogen and oxygen atoms in total. The highest BCUT2D eigenvalue weighted by atomic mass is 127. The highest BCUT2D eigenvalue weighted by Gasteiger charge is 2.42. The van der Waals surface area contributed by atoms with Gasteiger partial charge in [-0.3, -0.25) is 10.2 Å². The fourth-order valence-electron chi connectivity index (χ4n) is 3.18. The second kappa shape index (κ2) is 8.17. The number of halogens is 2. The zero-order valence-electron chi connectivity index (χ0n) is 16.7. The Labute approximate surface area is 191 Å². The number of hydrogen-bond acceptors (Lipinski definition) is 7. The summed E-state index contributed by atoms with van der Waals surface area (Å²) in [6, 6.07) is 8.05. The quantitative estimate of drug-likeness (QED) is 0.254. The van der Waals surface area contributed by atoms with Crippen LogP contribution in [0.25, 0.3) is 5.70 Å². The molecule has 0 saturated heterocycles. The molecule has 0 saturated carbocycles. The molecular formula is C21H18FIN6O2. The molecule has 0 unspecified atom stereocenters. The van der Waals surface area contributed by atoms with E-state index in [0.717, 1.165) is 0 Å². The van der Waals surface area contributed by atoms with Gasteiger partial charge in [-0.15, -0.1) is 0 Å². The van der Waals surface area contributed by atoms with Crippen molar-refractivity contribution in [1.82, 2.24) is 20.4 Å². The van der Waals surface area contributed by atoms with Crippen molar-refractivity contribution in [2.75, 3.05) is 5.32 Å². The summed E-state index contributed by atoms with van der Waals surface area (Å²) in [6.45, 7) is 3.80. The maximum absolute atomic E-state index is 14.0. The Hall–Kier alpha value is -3.15. The van der Waals surface area contributed by atoms with Gasteiger partial charge >= 0.3 is 0 Å². The Morgan fingerprint density at radius 3 is 2.81 bits per heavy atom. The number of allylic oxidation sites excluding steroid dienone is 1. The summed E-state index contributed by atoms with van der Waals surface area (Å²) in [6.07, 6.45) is 2.91. The lowest BCUT2D eigenvalue weighted by Crippen LogP contribution is -2.27. The SMILES string of the molecule is CC1(C)C(=O)Nc2nc(C(=N)/C=C(\NCc3ccccc3F)c3ccon3)nc(I)c21. The lowest BCUT2D eigenvalue weighted by Gasteiger charge is -2.15. The van der Waals surface area contributed by atoms with E-state index < -0.39 is 5.41 Å². The Kier molecular flexibility index (Phi) is 5.56. The van der Waals surface area contributed by atoms with E-state index in [1.165, 1.54) is 18.4 Å². The number of rotatable bonds is 6. The monoisotopic (exact) mass is 532 g/mol. The summed E-state index contributed by atoms with van der Waals surface area (Å²) in [7, 11) is 0. The highest BCUT2D eigenvalue weighted by Crippen LogP contribution is 2.38. The summed E-state index contributed by atoms with van der Waals surface area (Å²) >= 11 is 2.05. The highest BCUT2D eigenvalue weighted by molar-refractivity contribution is 14.1. The first-order valence-electron chi connectivity index (χ1n) is 9.35. The molecular weight excluding hydrogens is 514 g/mol. The van der Waals surface area contributed by atoms with Crippen LogP contribution in [-0.2, 0) is 16.8 Å². The van der Waals surface area contributed by atoms with Crippen LogP contribution in [0.4, 0.5) is 10.2 Å². The van der Waals surface area contributed by atoms with Crippen LogP contribution < -0.4 is 10.6 Å². The maximum atomic E-state index is 14.0. The fourth-order valence-corrected chi connectivity index (χ4v) is 4.34. The lowest BCUT2D eigenvalue weighted by molar-refractivity contribution is -0.119. The molecule has 0 atom stereocenters. The van der Waals surface area contributed by atoms with Gasteiger partial charge in [0.15, 0.2) is 5.82 Å². The molecule has 10 heteroatoms. The summed E-state index contributed by atoms with van der Waals surface area (Å²) in [4.78, 5) is 21.1. The summed E-state index contributed by atoms with van der Waals surface area (Å²) in [5.74, 6) is 0.0583. The number of aromatic nitrogens is 3. The number of fused-ring (bicyclic) bond motifs is 1. The molecule has 0 bridgehead atoms. The van der Waals surface area contributed by atoms with E-state index in [1.54, 1.807) is 38.1 Å². The minimum atomic E-state index is -0.740. The van der Waals surface area contributed by atoms with Crippen LogP contribution in [0.3, 0.4) is 0 Å². The van der Waals surface area contributed by atoms with Gasteiger partial charge in [0, 0.05) is 23.7 Å². The number of carbonyl (C=O) groups is 1. The molecule has 3 aromatic rings. The van der Waals surface area contributed by atoms with Gasteiger partial charge < -0.3 is 15.2 Å². The Bertz CT molecular complexity index is 1210. The predicted molar refractivity (Wildman–Crippen MR) is 121 cm³/mol. The fraction of sp³-hybridized carbons (Fsp3) is 0.190. The van der Waals surface area contributed by atoms with Crippen LogP contribution in [0.5, 0.6) is 0 Å². The average Bonchev–Trinajstić information content (AvgIpc) is 3.33. The summed E-state index contributed by atoms with van der Waals surface area (Å²) in [5.41, 5.74) is 1.34. The van der Waals surface area contributed by atoms with Crippen molar-refractivity contribution in [2.45, 2.75) is 25.8 Å². The third kappa shape index (κ3) is 4.07. The molecule has 2 aromatic heterocycles. The molecule has 1 aliphatic rings. The van der Waals surface area contributed by atoms with E-state index in [9.17, 15) is 9.18 Å². The molecule has 0 spiro atoms. The molecule has 158 valence electrons. The topological polar surface area (TPSA) is 117 Å². The molecule has 1 aliphatic heterocycles. The zero-order valence-corrected chi connectivity index (χ0v) is 18.8. The summed E-state index contributed by atoms with van der Waals surface area (Å²) < 4.78 is 19.5. The van der Waals surface area contributed by atoms with Gasteiger partial charge in [-0.05, 0) is 48.6 Å². The number of amides is 1. The van der Waals surface area contributed by atoms with Crippen LogP contribution >= 0.6 is 22.6 Å². The predicted octanol–water partition coefficient (Wildman–Crippen LogP) is 3.64. The van der Waals surface area contributed by atoms with E-state index in [1.807, 2.05) is 22.6 Å². The number of benzene rings is 1. The van der Waals surface area contributed by atoms with E-state index in [2.05, 4.69) is 25.8 Å². The number of anilines is 1. The Morgan fingerprint density at radius 1 is 1.32 bits per heavy atom. The molecule has 0 radical (unpaired) electrons. The lowest BCUT2D eigenvalue weighted by atomic mass is 9.88. The third-order valence-corrected chi connectivity index (χ3v) is 5.74. The third-order valence-electron chi connectivity index (χ3n) is 4.96. The summed E-state index contributed by atoms with van der Waals surface area (Å²) in [5, 5.41) is 18.3. The minimum absolute atomic E-state index is 0.00120. The van der Waals surface area contributed by atoms with E-state index in [0.29, 0.717) is 32.0 Å². The molecule has 0 fully saturated rings. The molecule has 3 N–H and O–H groups in total. The van der Waals surface area contributed by atoms with Crippen molar-refractivity contribution in [1.29, 1.82) is 5.41 Å². The number of nitrogens with one attached hydrogen (secondary N) is 3. The van der Waals surface area contributed by atoms with Gasteiger partial charge in [-0.1, -0.05) is 23.4 Å². The van der Waals surface area contributed by atoms with Gasteiger partial charge in [0.05, 0.1) is 11.1 Å². The van der Waals surface area contributed by atoms with Crippen molar-refractivity contribution in [2.24, 2.45) is 0 Å².